The molecular weight excluding hydrogens is 284 g/mol. The summed E-state index contributed by atoms with van der Waals surface area (Å²) >= 11 is 3.45. The summed E-state index contributed by atoms with van der Waals surface area (Å²) in [6.45, 7) is 4.21. The molecule has 0 fully saturated rings. The van der Waals surface area contributed by atoms with Gasteiger partial charge in [0.2, 0.25) is 0 Å². The van der Waals surface area contributed by atoms with E-state index < -0.39 is 0 Å². The van der Waals surface area contributed by atoms with Gasteiger partial charge in [0.1, 0.15) is 0 Å². The molecule has 0 aliphatic carbocycles. The van der Waals surface area contributed by atoms with E-state index in [0.29, 0.717) is 12.3 Å². The highest BCUT2D eigenvalue weighted by Gasteiger charge is 2.13. The molecule has 5 heteroatoms. The van der Waals surface area contributed by atoms with E-state index in [1.807, 2.05) is 16.7 Å². The zero-order valence-electron chi connectivity index (χ0n) is 9.74. The van der Waals surface area contributed by atoms with Crippen molar-refractivity contribution in [1.82, 2.24) is 9.38 Å². The van der Waals surface area contributed by atoms with E-state index in [1.54, 1.807) is 13.1 Å². The van der Waals surface area contributed by atoms with Crippen molar-refractivity contribution < 1.29 is 9.53 Å². The standard InChI is InChI=1S/C12H13BrN2O2/c1-3-8-5-9(13)11-14-10(7-15(11)6-8)12(16)17-4-2/h5-7H,3-4H2,1-2H3. The first kappa shape index (κ1) is 12.1. The molecule has 0 unspecified atom stereocenters. The number of imidazole rings is 1. The van der Waals surface area contributed by atoms with Crippen LogP contribution in [0, 0.1) is 0 Å². The van der Waals surface area contributed by atoms with Crippen molar-refractivity contribution in [3.63, 3.8) is 0 Å². The van der Waals surface area contributed by atoms with Crippen molar-refractivity contribution in [1.29, 1.82) is 0 Å². The molecule has 90 valence electrons. The zero-order valence-corrected chi connectivity index (χ0v) is 11.3. The van der Waals surface area contributed by atoms with Crippen molar-refractivity contribution in [2.24, 2.45) is 0 Å². The molecule has 4 nitrogen and oxygen atoms in total. The van der Waals surface area contributed by atoms with E-state index in [-0.39, 0.29) is 5.97 Å². The number of esters is 1. The lowest BCUT2D eigenvalue weighted by Gasteiger charge is -2.00. The van der Waals surface area contributed by atoms with Gasteiger partial charge in [-0.05, 0) is 40.9 Å². The molecule has 0 amide bonds. The van der Waals surface area contributed by atoms with Crippen LogP contribution in [0.2, 0.25) is 0 Å². The van der Waals surface area contributed by atoms with Gasteiger partial charge in [-0.15, -0.1) is 0 Å². The van der Waals surface area contributed by atoms with Crippen LogP contribution in [0.25, 0.3) is 5.65 Å². The number of nitrogens with zero attached hydrogens (tertiary/aromatic N) is 2. The van der Waals surface area contributed by atoms with Gasteiger partial charge >= 0.3 is 5.97 Å². The van der Waals surface area contributed by atoms with Gasteiger partial charge in [-0.2, -0.15) is 0 Å². The minimum atomic E-state index is -0.388. The molecule has 2 rings (SSSR count). The maximum absolute atomic E-state index is 11.6. The van der Waals surface area contributed by atoms with Gasteiger partial charge in [0.05, 0.1) is 11.1 Å². The van der Waals surface area contributed by atoms with Crippen LogP contribution in [-0.4, -0.2) is 22.0 Å². The van der Waals surface area contributed by atoms with Gasteiger partial charge in [-0.25, -0.2) is 9.78 Å². The minimum Gasteiger partial charge on any atom is -0.461 e. The summed E-state index contributed by atoms with van der Waals surface area (Å²) in [4.78, 5) is 15.8. The predicted molar refractivity (Wildman–Crippen MR) is 68.2 cm³/mol. The van der Waals surface area contributed by atoms with Crippen molar-refractivity contribution in [3.05, 3.63) is 34.2 Å². The van der Waals surface area contributed by atoms with E-state index >= 15 is 0 Å². The Hall–Kier alpha value is -1.36. The second-order valence-electron chi connectivity index (χ2n) is 3.63. The summed E-state index contributed by atoms with van der Waals surface area (Å²) < 4.78 is 7.65. The molecular formula is C12H13BrN2O2. The number of pyridine rings is 1. The molecule has 0 radical (unpaired) electrons. The third kappa shape index (κ3) is 2.34. The van der Waals surface area contributed by atoms with Crippen LogP contribution in [0.1, 0.15) is 29.9 Å². The van der Waals surface area contributed by atoms with Crippen LogP contribution in [0.15, 0.2) is 22.9 Å². The number of ether oxygens (including phenoxy) is 1. The van der Waals surface area contributed by atoms with Crippen molar-refractivity contribution in [3.8, 4) is 0 Å². The number of aryl methyl sites for hydroxylation is 1. The number of hydrogen-bond acceptors (Lipinski definition) is 3. The average Bonchev–Trinajstić information content (AvgIpc) is 2.73. The SMILES string of the molecule is CCOC(=O)c1cn2cc(CC)cc(Br)c2n1. The first-order valence-electron chi connectivity index (χ1n) is 5.50. The maximum Gasteiger partial charge on any atom is 0.358 e. The van der Waals surface area contributed by atoms with Crippen LogP contribution in [0.4, 0.5) is 0 Å². The van der Waals surface area contributed by atoms with Gasteiger partial charge < -0.3 is 9.14 Å². The van der Waals surface area contributed by atoms with E-state index in [0.717, 1.165) is 16.5 Å². The summed E-state index contributed by atoms with van der Waals surface area (Å²) in [7, 11) is 0. The van der Waals surface area contributed by atoms with Gasteiger partial charge in [0.15, 0.2) is 11.3 Å². The Morgan fingerprint density at radius 1 is 1.47 bits per heavy atom. The largest absolute Gasteiger partial charge is 0.461 e. The van der Waals surface area contributed by atoms with Crippen molar-refractivity contribution in [2.45, 2.75) is 20.3 Å². The third-order valence-electron chi connectivity index (χ3n) is 2.46. The first-order valence-corrected chi connectivity index (χ1v) is 6.29. The number of hydrogen-bond donors (Lipinski definition) is 0. The second-order valence-corrected chi connectivity index (χ2v) is 4.48. The summed E-state index contributed by atoms with van der Waals surface area (Å²) in [6.07, 6.45) is 4.59. The number of carbonyl (C=O) groups is 1. The Kier molecular flexibility index (Phi) is 3.47. The summed E-state index contributed by atoms with van der Waals surface area (Å²) in [5.41, 5.74) is 2.24. The Bertz CT molecular complexity index is 563. The summed E-state index contributed by atoms with van der Waals surface area (Å²) in [5, 5.41) is 0. The van der Waals surface area contributed by atoms with Gasteiger partial charge in [-0.1, -0.05) is 6.92 Å². The minimum absolute atomic E-state index is 0.334. The molecule has 17 heavy (non-hydrogen) atoms. The molecule has 0 saturated heterocycles. The monoisotopic (exact) mass is 296 g/mol. The Morgan fingerprint density at radius 2 is 2.24 bits per heavy atom. The van der Waals surface area contributed by atoms with Crippen LogP contribution >= 0.6 is 15.9 Å². The Balaban J connectivity index is 2.49. The van der Waals surface area contributed by atoms with Crippen LogP contribution in [0.3, 0.4) is 0 Å². The van der Waals surface area contributed by atoms with Gasteiger partial charge in [-0.3, -0.25) is 0 Å². The quantitative estimate of drug-likeness (QED) is 0.818. The number of fused-ring (bicyclic) bond motifs is 1. The van der Waals surface area contributed by atoms with E-state index in [1.165, 1.54) is 5.56 Å². The predicted octanol–water partition coefficient (Wildman–Crippen LogP) is 2.84. The number of carbonyl (C=O) groups excluding carboxylic acids is 1. The summed E-state index contributed by atoms with van der Waals surface area (Å²) in [6, 6.07) is 2.01. The fourth-order valence-electron chi connectivity index (χ4n) is 1.61. The smallest absolute Gasteiger partial charge is 0.358 e. The van der Waals surface area contributed by atoms with Crippen LogP contribution < -0.4 is 0 Å². The lowest BCUT2D eigenvalue weighted by molar-refractivity contribution is 0.0520. The topological polar surface area (TPSA) is 43.6 Å². The second kappa shape index (κ2) is 4.87. The van der Waals surface area contributed by atoms with Crippen LogP contribution in [0.5, 0.6) is 0 Å². The lowest BCUT2D eigenvalue weighted by atomic mass is 10.2. The van der Waals surface area contributed by atoms with Gasteiger partial charge in [0, 0.05) is 12.4 Å². The summed E-state index contributed by atoms with van der Waals surface area (Å²) in [5.74, 6) is -0.388. The van der Waals surface area contributed by atoms with Crippen LogP contribution in [-0.2, 0) is 11.2 Å². The number of rotatable bonds is 3. The molecule has 2 aromatic heterocycles. The molecule has 2 aromatic rings. The normalized spacial score (nSPS) is 10.8. The van der Waals surface area contributed by atoms with Crippen molar-refractivity contribution >= 4 is 27.5 Å². The highest BCUT2D eigenvalue weighted by Crippen LogP contribution is 2.20. The molecule has 0 aromatic carbocycles. The zero-order chi connectivity index (χ0) is 12.4. The molecule has 0 saturated carbocycles. The molecule has 0 spiro atoms. The average molecular weight is 297 g/mol. The maximum atomic E-state index is 11.6. The molecule has 0 bridgehead atoms. The molecule has 0 aliphatic rings. The first-order chi connectivity index (χ1) is 8.15. The Morgan fingerprint density at radius 3 is 2.88 bits per heavy atom. The number of halogens is 1. The third-order valence-corrected chi connectivity index (χ3v) is 3.04. The highest BCUT2D eigenvalue weighted by atomic mass is 79.9. The fraction of sp³-hybridized carbons (Fsp3) is 0.333. The fourth-order valence-corrected chi connectivity index (χ4v) is 2.20. The van der Waals surface area contributed by atoms with E-state index in [9.17, 15) is 4.79 Å². The van der Waals surface area contributed by atoms with Crippen molar-refractivity contribution in [2.75, 3.05) is 6.61 Å². The molecule has 0 N–H and O–H groups in total. The Labute approximate surface area is 108 Å². The van der Waals surface area contributed by atoms with E-state index in [4.69, 9.17) is 4.74 Å². The highest BCUT2D eigenvalue weighted by molar-refractivity contribution is 9.10. The van der Waals surface area contributed by atoms with E-state index in [2.05, 4.69) is 27.8 Å². The molecule has 0 aliphatic heterocycles. The van der Waals surface area contributed by atoms with Gasteiger partial charge in [0.25, 0.3) is 0 Å². The molecule has 2 heterocycles. The molecule has 0 atom stereocenters. The number of aromatic nitrogens is 2. The lowest BCUT2D eigenvalue weighted by Crippen LogP contribution is -2.04.